The fraction of sp³-hybridized carbons (Fsp3) is 0.600. The van der Waals surface area contributed by atoms with E-state index in [2.05, 4.69) is 34.5 Å². The van der Waals surface area contributed by atoms with Gasteiger partial charge in [-0.25, -0.2) is 0 Å². The summed E-state index contributed by atoms with van der Waals surface area (Å²) in [5.41, 5.74) is 8.28. The molecule has 1 aliphatic rings. The molecule has 1 aromatic carbocycles. The fourth-order valence-corrected chi connectivity index (χ4v) is 2.32. The Morgan fingerprint density at radius 2 is 1.95 bits per heavy atom. The zero-order chi connectivity index (χ0) is 14.2. The third kappa shape index (κ3) is 4.67. The summed E-state index contributed by atoms with van der Waals surface area (Å²) in [4.78, 5) is 2.33. The predicted molar refractivity (Wildman–Crippen MR) is 82.3 cm³/mol. The van der Waals surface area contributed by atoms with Crippen LogP contribution in [0.4, 0.5) is 11.4 Å². The normalized spacial score (nSPS) is 17.0. The highest BCUT2D eigenvalue weighted by molar-refractivity contribution is 5.55. The summed E-state index contributed by atoms with van der Waals surface area (Å²) in [5.74, 6) is 0. The first kappa shape index (κ1) is 15.1. The number of hydrogen-bond donors (Lipinski definition) is 3. The molecule has 4 N–H and O–H groups in total. The smallest absolute Gasteiger partial charge is 0.0642 e. The standard InChI is InChI=1S/C15H25N3O2/c16-13(2-1-9-19)12-17-14-3-5-15(6-4-14)18-7-10-20-11-8-18/h3-6,13,17,19H,1-2,7-12,16H2/t13-/m0/s1. The second kappa shape index (κ2) is 8.09. The number of ether oxygens (including phenoxy) is 1. The van der Waals surface area contributed by atoms with Gasteiger partial charge in [0.1, 0.15) is 0 Å². The van der Waals surface area contributed by atoms with Crippen molar-refractivity contribution in [2.45, 2.75) is 18.9 Å². The lowest BCUT2D eigenvalue weighted by molar-refractivity contribution is 0.122. The number of nitrogens with zero attached hydrogens (tertiary/aromatic N) is 1. The van der Waals surface area contributed by atoms with Crippen LogP contribution in [0.2, 0.25) is 0 Å². The number of anilines is 2. The van der Waals surface area contributed by atoms with Gasteiger partial charge in [-0.3, -0.25) is 0 Å². The van der Waals surface area contributed by atoms with Crippen molar-refractivity contribution in [2.75, 3.05) is 49.7 Å². The number of nitrogens with two attached hydrogens (primary N) is 1. The molecule has 0 bridgehead atoms. The first-order chi connectivity index (χ1) is 9.79. The molecule has 20 heavy (non-hydrogen) atoms. The molecular weight excluding hydrogens is 254 g/mol. The van der Waals surface area contributed by atoms with Crippen LogP contribution >= 0.6 is 0 Å². The first-order valence-corrected chi connectivity index (χ1v) is 7.32. The maximum Gasteiger partial charge on any atom is 0.0642 e. The van der Waals surface area contributed by atoms with Gasteiger partial charge in [-0.05, 0) is 37.1 Å². The summed E-state index contributed by atoms with van der Waals surface area (Å²) in [6.45, 7) is 4.47. The van der Waals surface area contributed by atoms with Gasteiger partial charge in [-0.1, -0.05) is 0 Å². The van der Waals surface area contributed by atoms with Crippen molar-refractivity contribution < 1.29 is 9.84 Å². The van der Waals surface area contributed by atoms with Gasteiger partial charge >= 0.3 is 0 Å². The maximum absolute atomic E-state index is 8.77. The highest BCUT2D eigenvalue weighted by Crippen LogP contribution is 2.19. The minimum absolute atomic E-state index is 0.0843. The Morgan fingerprint density at radius 3 is 2.60 bits per heavy atom. The Morgan fingerprint density at radius 1 is 1.25 bits per heavy atom. The molecule has 1 fully saturated rings. The Balaban J connectivity index is 1.79. The van der Waals surface area contributed by atoms with Crippen molar-refractivity contribution in [1.29, 1.82) is 0 Å². The van der Waals surface area contributed by atoms with Gasteiger partial charge in [0.25, 0.3) is 0 Å². The van der Waals surface area contributed by atoms with E-state index < -0.39 is 0 Å². The van der Waals surface area contributed by atoms with Gasteiger partial charge in [-0.15, -0.1) is 0 Å². The number of nitrogens with one attached hydrogen (secondary N) is 1. The molecule has 0 unspecified atom stereocenters. The summed E-state index contributed by atoms with van der Waals surface area (Å²) >= 11 is 0. The van der Waals surface area contributed by atoms with E-state index in [4.69, 9.17) is 15.6 Å². The average Bonchev–Trinajstić information content (AvgIpc) is 2.52. The van der Waals surface area contributed by atoms with Crippen LogP contribution in [0.5, 0.6) is 0 Å². The van der Waals surface area contributed by atoms with E-state index in [0.29, 0.717) is 0 Å². The van der Waals surface area contributed by atoms with E-state index >= 15 is 0 Å². The van der Waals surface area contributed by atoms with Crippen molar-refractivity contribution in [3.05, 3.63) is 24.3 Å². The van der Waals surface area contributed by atoms with E-state index in [1.807, 2.05) is 0 Å². The van der Waals surface area contributed by atoms with E-state index in [1.165, 1.54) is 5.69 Å². The van der Waals surface area contributed by atoms with Crippen LogP contribution in [0.25, 0.3) is 0 Å². The summed E-state index contributed by atoms with van der Waals surface area (Å²) < 4.78 is 5.36. The maximum atomic E-state index is 8.77. The number of benzene rings is 1. The van der Waals surface area contributed by atoms with Crippen LogP contribution in [0.1, 0.15) is 12.8 Å². The van der Waals surface area contributed by atoms with Gasteiger partial charge in [0.05, 0.1) is 13.2 Å². The number of aliphatic hydroxyl groups is 1. The molecule has 1 aliphatic heterocycles. The predicted octanol–water partition coefficient (Wildman–Crippen LogP) is 1.03. The van der Waals surface area contributed by atoms with Crippen LogP contribution in [-0.4, -0.2) is 50.6 Å². The van der Waals surface area contributed by atoms with E-state index in [0.717, 1.165) is 51.4 Å². The van der Waals surface area contributed by atoms with E-state index in [9.17, 15) is 0 Å². The van der Waals surface area contributed by atoms with Crippen molar-refractivity contribution in [2.24, 2.45) is 5.73 Å². The van der Waals surface area contributed by atoms with Gasteiger partial charge in [-0.2, -0.15) is 0 Å². The lowest BCUT2D eigenvalue weighted by Crippen LogP contribution is -2.36. The minimum Gasteiger partial charge on any atom is -0.396 e. The molecular formula is C15H25N3O2. The van der Waals surface area contributed by atoms with Gasteiger partial charge < -0.3 is 25.8 Å². The monoisotopic (exact) mass is 279 g/mol. The zero-order valence-corrected chi connectivity index (χ0v) is 11.9. The molecule has 0 radical (unpaired) electrons. The summed E-state index contributed by atoms with van der Waals surface area (Å²) in [5, 5.41) is 12.1. The summed E-state index contributed by atoms with van der Waals surface area (Å²) in [6, 6.07) is 8.52. The molecule has 0 aliphatic carbocycles. The number of aliphatic hydroxyl groups excluding tert-OH is 1. The Hall–Kier alpha value is -1.30. The second-order valence-electron chi connectivity index (χ2n) is 5.15. The topological polar surface area (TPSA) is 70.8 Å². The largest absolute Gasteiger partial charge is 0.396 e. The molecule has 1 saturated heterocycles. The molecule has 5 heteroatoms. The van der Waals surface area contributed by atoms with Crippen LogP contribution in [0, 0.1) is 0 Å². The lowest BCUT2D eigenvalue weighted by atomic mass is 10.1. The van der Waals surface area contributed by atoms with Gasteiger partial charge in [0, 0.05) is 43.7 Å². The Labute approximate surface area is 120 Å². The fourth-order valence-electron chi connectivity index (χ4n) is 2.32. The molecule has 1 aromatic rings. The third-order valence-corrected chi connectivity index (χ3v) is 3.54. The van der Waals surface area contributed by atoms with E-state index in [-0.39, 0.29) is 12.6 Å². The van der Waals surface area contributed by atoms with Crippen molar-refractivity contribution >= 4 is 11.4 Å². The molecule has 5 nitrogen and oxygen atoms in total. The summed E-state index contributed by atoms with van der Waals surface area (Å²) in [7, 11) is 0. The van der Waals surface area contributed by atoms with Crippen molar-refractivity contribution in [3.63, 3.8) is 0 Å². The number of rotatable bonds is 7. The SMILES string of the molecule is N[C@@H](CCCO)CNc1ccc(N2CCOCC2)cc1. The molecule has 0 amide bonds. The van der Waals surface area contributed by atoms with E-state index in [1.54, 1.807) is 0 Å². The Bertz CT molecular complexity index is 377. The average molecular weight is 279 g/mol. The van der Waals surface area contributed by atoms with Crippen LogP contribution in [0.3, 0.4) is 0 Å². The number of hydrogen-bond acceptors (Lipinski definition) is 5. The van der Waals surface area contributed by atoms with Crippen LogP contribution in [-0.2, 0) is 4.74 Å². The summed E-state index contributed by atoms with van der Waals surface area (Å²) in [6.07, 6.45) is 1.61. The molecule has 0 aromatic heterocycles. The van der Waals surface area contributed by atoms with Gasteiger partial charge in [0.15, 0.2) is 0 Å². The number of morpholine rings is 1. The molecule has 112 valence electrons. The molecule has 1 heterocycles. The highest BCUT2D eigenvalue weighted by atomic mass is 16.5. The molecule has 0 spiro atoms. The highest BCUT2D eigenvalue weighted by Gasteiger charge is 2.10. The second-order valence-corrected chi connectivity index (χ2v) is 5.15. The zero-order valence-electron chi connectivity index (χ0n) is 11.9. The molecule has 2 rings (SSSR count). The van der Waals surface area contributed by atoms with Crippen molar-refractivity contribution in [3.8, 4) is 0 Å². The molecule has 1 atom stereocenters. The first-order valence-electron chi connectivity index (χ1n) is 7.32. The third-order valence-electron chi connectivity index (χ3n) is 3.54. The Kier molecular flexibility index (Phi) is 6.11. The minimum atomic E-state index is 0.0843. The van der Waals surface area contributed by atoms with Crippen molar-refractivity contribution in [1.82, 2.24) is 0 Å². The van der Waals surface area contributed by atoms with Gasteiger partial charge in [0.2, 0.25) is 0 Å². The lowest BCUT2D eigenvalue weighted by Gasteiger charge is -2.29. The molecule has 0 saturated carbocycles. The van der Waals surface area contributed by atoms with Crippen LogP contribution in [0.15, 0.2) is 24.3 Å². The van der Waals surface area contributed by atoms with Crippen LogP contribution < -0.4 is 16.0 Å². The quantitative estimate of drug-likeness (QED) is 0.695.